The molecule has 0 spiro atoms. The Labute approximate surface area is 167 Å². The quantitative estimate of drug-likeness (QED) is 0.165. The van der Waals surface area contributed by atoms with Crippen molar-refractivity contribution in [1.82, 2.24) is 16.0 Å². The summed E-state index contributed by atoms with van der Waals surface area (Å²) in [5.74, 6) is -3.29. The third-order valence-corrected chi connectivity index (χ3v) is 4.52. The number of rotatable bonds is 13. The molecule has 0 rings (SSSR count). The van der Waals surface area contributed by atoms with Crippen molar-refractivity contribution in [3.8, 4) is 0 Å². The molecule has 0 aromatic carbocycles. The number of aliphatic carboxylic acids is 1. The first-order valence-electron chi connectivity index (χ1n) is 8.69. The van der Waals surface area contributed by atoms with E-state index in [0.717, 1.165) is 0 Å². The van der Waals surface area contributed by atoms with Crippen molar-refractivity contribution in [2.24, 2.45) is 11.7 Å². The molecule has 0 saturated carbocycles. The van der Waals surface area contributed by atoms with Crippen LogP contribution in [0.5, 0.6) is 0 Å². The fraction of sp³-hybridized carbons (Fsp3) is 0.750. The minimum atomic E-state index is -1.57. The van der Waals surface area contributed by atoms with Crippen LogP contribution in [-0.4, -0.2) is 88.4 Å². The fourth-order valence-electron chi connectivity index (χ4n) is 2.00. The zero-order chi connectivity index (χ0) is 21.9. The number of carboxylic acids is 1. The Morgan fingerprint density at radius 1 is 0.893 bits per heavy atom. The molecule has 11 nitrogen and oxygen atoms in total. The van der Waals surface area contributed by atoms with Gasteiger partial charge in [0.15, 0.2) is 0 Å². The molecule has 0 saturated heterocycles. The number of carbonyl (C=O) groups is 4. The maximum atomic E-state index is 12.5. The van der Waals surface area contributed by atoms with Gasteiger partial charge in [0.1, 0.15) is 18.1 Å². The van der Waals surface area contributed by atoms with E-state index >= 15 is 0 Å². The molecule has 0 radical (unpaired) electrons. The molecule has 0 aromatic heterocycles. The highest BCUT2D eigenvalue weighted by molar-refractivity contribution is 7.98. The van der Waals surface area contributed by atoms with Gasteiger partial charge in [-0.2, -0.15) is 11.8 Å². The monoisotopic (exact) mass is 422 g/mol. The summed E-state index contributed by atoms with van der Waals surface area (Å²) in [7, 11) is 0. The van der Waals surface area contributed by atoms with Gasteiger partial charge in [0, 0.05) is 0 Å². The normalized spacial score (nSPS) is 15.2. The molecule has 0 fully saturated rings. The minimum Gasteiger partial charge on any atom is -0.480 e. The number of hydrogen-bond acceptors (Lipinski definition) is 8. The van der Waals surface area contributed by atoms with Gasteiger partial charge in [-0.3, -0.25) is 14.4 Å². The summed E-state index contributed by atoms with van der Waals surface area (Å²) in [4.78, 5) is 47.6. The summed E-state index contributed by atoms with van der Waals surface area (Å²) < 4.78 is 0. The molecule has 0 heterocycles. The molecule has 3 amide bonds. The van der Waals surface area contributed by atoms with E-state index in [1.54, 1.807) is 13.8 Å². The number of aliphatic hydroxyl groups is 2. The predicted octanol–water partition coefficient (Wildman–Crippen LogP) is -2.75. The first kappa shape index (κ1) is 26.1. The number of nitrogens with two attached hydrogens (primary N) is 1. The van der Waals surface area contributed by atoms with Crippen LogP contribution in [-0.2, 0) is 19.2 Å². The number of hydrogen-bond donors (Lipinski definition) is 7. The summed E-state index contributed by atoms with van der Waals surface area (Å²) in [5.41, 5.74) is 5.78. The lowest BCUT2D eigenvalue weighted by molar-refractivity contribution is -0.143. The molecule has 0 aliphatic carbocycles. The van der Waals surface area contributed by atoms with Gasteiger partial charge in [0.05, 0.1) is 19.3 Å². The van der Waals surface area contributed by atoms with Crippen LogP contribution in [0.2, 0.25) is 0 Å². The van der Waals surface area contributed by atoms with Crippen LogP contribution in [0, 0.1) is 5.92 Å². The van der Waals surface area contributed by atoms with Gasteiger partial charge < -0.3 is 37.0 Å². The number of carbonyl (C=O) groups excluding carboxylic acids is 3. The van der Waals surface area contributed by atoms with Gasteiger partial charge in [0.25, 0.3) is 0 Å². The molecule has 12 heteroatoms. The molecule has 4 unspecified atom stereocenters. The maximum Gasteiger partial charge on any atom is 0.328 e. The van der Waals surface area contributed by atoms with Gasteiger partial charge in [-0.1, -0.05) is 13.8 Å². The molecule has 162 valence electrons. The van der Waals surface area contributed by atoms with E-state index < -0.39 is 61.1 Å². The molecular formula is C16H30N4O7S. The molecule has 0 aliphatic rings. The lowest BCUT2D eigenvalue weighted by Crippen LogP contribution is -2.58. The lowest BCUT2D eigenvalue weighted by atomic mass is 10.0. The Balaban J connectivity index is 5.11. The second kappa shape index (κ2) is 13.3. The molecule has 0 aromatic rings. The van der Waals surface area contributed by atoms with E-state index in [9.17, 15) is 24.3 Å². The topological polar surface area (TPSA) is 191 Å². The third kappa shape index (κ3) is 8.87. The van der Waals surface area contributed by atoms with E-state index in [2.05, 4.69) is 10.6 Å². The van der Waals surface area contributed by atoms with Crippen LogP contribution in [0.3, 0.4) is 0 Å². The summed E-state index contributed by atoms with van der Waals surface area (Å²) in [6.45, 7) is 1.86. The van der Waals surface area contributed by atoms with E-state index in [-0.39, 0.29) is 12.3 Å². The van der Waals surface area contributed by atoms with Crippen molar-refractivity contribution in [3.63, 3.8) is 0 Å². The molecule has 0 aliphatic heterocycles. The first-order chi connectivity index (χ1) is 13.1. The van der Waals surface area contributed by atoms with E-state index in [1.165, 1.54) is 11.8 Å². The largest absolute Gasteiger partial charge is 0.480 e. The highest BCUT2D eigenvalue weighted by atomic mass is 32.2. The molecule has 28 heavy (non-hydrogen) atoms. The zero-order valence-electron chi connectivity index (χ0n) is 16.2. The highest BCUT2D eigenvalue weighted by Gasteiger charge is 2.30. The second-order valence-corrected chi connectivity index (χ2v) is 7.42. The summed E-state index contributed by atoms with van der Waals surface area (Å²) >= 11 is 1.45. The van der Waals surface area contributed by atoms with Gasteiger partial charge >= 0.3 is 5.97 Å². The maximum absolute atomic E-state index is 12.5. The Kier molecular flexibility index (Phi) is 12.4. The van der Waals surface area contributed by atoms with Crippen molar-refractivity contribution >= 4 is 35.5 Å². The van der Waals surface area contributed by atoms with Crippen molar-refractivity contribution in [3.05, 3.63) is 0 Å². The second-order valence-electron chi connectivity index (χ2n) is 6.44. The standard InChI is InChI=1S/C16H30N4O7S/c1-8(2)12(17)15(25)18-9(4-5-28-3)13(23)19-10(6-21)14(24)20-11(7-22)16(26)27/h8-12,21-22H,4-7,17H2,1-3H3,(H,18,25)(H,19,23)(H,20,24)(H,26,27). The predicted molar refractivity (Wildman–Crippen MR) is 103 cm³/mol. The average Bonchev–Trinajstić information content (AvgIpc) is 2.65. The van der Waals surface area contributed by atoms with Crippen LogP contribution < -0.4 is 21.7 Å². The van der Waals surface area contributed by atoms with Gasteiger partial charge in [-0.25, -0.2) is 4.79 Å². The van der Waals surface area contributed by atoms with Crippen LogP contribution in [0.4, 0.5) is 0 Å². The van der Waals surface area contributed by atoms with Gasteiger partial charge in [-0.05, 0) is 24.3 Å². The summed E-state index contributed by atoms with van der Waals surface area (Å²) in [5, 5.41) is 34.0. The Hall–Kier alpha value is -1.89. The summed E-state index contributed by atoms with van der Waals surface area (Å²) in [6.07, 6.45) is 2.08. The fourth-order valence-corrected chi connectivity index (χ4v) is 2.47. The van der Waals surface area contributed by atoms with E-state index in [1.807, 2.05) is 11.6 Å². The molecule has 4 atom stereocenters. The number of thioether (sulfide) groups is 1. The van der Waals surface area contributed by atoms with Crippen molar-refractivity contribution in [2.75, 3.05) is 25.2 Å². The highest BCUT2D eigenvalue weighted by Crippen LogP contribution is 2.04. The van der Waals surface area contributed by atoms with Gasteiger partial charge in [0.2, 0.25) is 17.7 Å². The van der Waals surface area contributed by atoms with Crippen LogP contribution in [0.25, 0.3) is 0 Å². The Bertz CT molecular complexity index is 547. The zero-order valence-corrected chi connectivity index (χ0v) is 17.0. The van der Waals surface area contributed by atoms with Crippen LogP contribution in [0.1, 0.15) is 20.3 Å². The molecular weight excluding hydrogens is 392 g/mol. The average molecular weight is 423 g/mol. The molecule has 8 N–H and O–H groups in total. The Morgan fingerprint density at radius 2 is 1.36 bits per heavy atom. The van der Waals surface area contributed by atoms with E-state index in [4.69, 9.17) is 15.9 Å². The lowest BCUT2D eigenvalue weighted by Gasteiger charge is -2.24. The smallest absolute Gasteiger partial charge is 0.328 e. The Morgan fingerprint density at radius 3 is 1.79 bits per heavy atom. The van der Waals surface area contributed by atoms with Crippen molar-refractivity contribution in [1.29, 1.82) is 0 Å². The van der Waals surface area contributed by atoms with Gasteiger partial charge in [-0.15, -0.1) is 0 Å². The minimum absolute atomic E-state index is 0.147. The number of nitrogens with one attached hydrogen (secondary N) is 3. The summed E-state index contributed by atoms with van der Waals surface area (Å²) in [6, 6.07) is -4.83. The number of carboxylic acid groups (broad SMARTS) is 1. The van der Waals surface area contributed by atoms with Crippen molar-refractivity contribution in [2.45, 2.75) is 44.4 Å². The molecule has 0 bridgehead atoms. The van der Waals surface area contributed by atoms with Crippen molar-refractivity contribution < 1.29 is 34.5 Å². The van der Waals surface area contributed by atoms with Crippen LogP contribution in [0.15, 0.2) is 0 Å². The van der Waals surface area contributed by atoms with E-state index in [0.29, 0.717) is 5.75 Å². The third-order valence-electron chi connectivity index (χ3n) is 3.88. The SMILES string of the molecule is CSCCC(NC(=O)C(N)C(C)C)C(=O)NC(CO)C(=O)NC(CO)C(=O)O. The first-order valence-corrected chi connectivity index (χ1v) is 10.1. The number of aliphatic hydroxyl groups excluding tert-OH is 2. The number of amides is 3. The van der Waals surface area contributed by atoms with Crippen LogP contribution >= 0.6 is 11.8 Å².